The van der Waals surface area contributed by atoms with Crippen molar-refractivity contribution in [2.45, 2.75) is 64.6 Å². The standard InChI is InChI=1S/C26H33ClFN3O4S/c1-18-23(27)10-7-11-24(18)31(36(3,34)35)17-25(32)30(16-20-12-14-21(28)15-13-20)19(2)26(33)29-22-8-5-4-6-9-22/h7,10-15,19,22H,4-6,8-9,16-17H2,1-3H3,(H,29,33)/t19-/m0/s1. The van der Waals surface area contributed by atoms with E-state index >= 15 is 0 Å². The van der Waals surface area contributed by atoms with E-state index < -0.39 is 34.3 Å². The Balaban J connectivity index is 1.89. The van der Waals surface area contributed by atoms with Crippen LogP contribution in [0.1, 0.15) is 50.2 Å². The van der Waals surface area contributed by atoms with Crippen molar-refractivity contribution >= 4 is 39.1 Å². The van der Waals surface area contributed by atoms with Gasteiger partial charge in [0.25, 0.3) is 0 Å². The lowest BCUT2D eigenvalue weighted by atomic mass is 9.95. The highest BCUT2D eigenvalue weighted by molar-refractivity contribution is 7.92. The summed E-state index contributed by atoms with van der Waals surface area (Å²) in [5.41, 5.74) is 1.43. The largest absolute Gasteiger partial charge is 0.352 e. The molecule has 1 fully saturated rings. The minimum Gasteiger partial charge on any atom is -0.352 e. The molecule has 0 heterocycles. The summed E-state index contributed by atoms with van der Waals surface area (Å²) < 4.78 is 39.9. The lowest BCUT2D eigenvalue weighted by Gasteiger charge is -2.33. The third kappa shape index (κ3) is 7.20. The third-order valence-corrected chi connectivity index (χ3v) is 8.11. The summed E-state index contributed by atoms with van der Waals surface area (Å²) in [5.74, 6) is -1.28. The van der Waals surface area contributed by atoms with Gasteiger partial charge in [0.2, 0.25) is 21.8 Å². The Morgan fingerprint density at radius 3 is 2.36 bits per heavy atom. The van der Waals surface area contributed by atoms with Gasteiger partial charge in [-0.15, -0.1) is 0 Å². The third-order valence-electron chi connectivity index (χ3n) is 6.57. The molecule has 196 valence electrons. The monoisotopic (exact) mass is 537 g/mol. The first-order chi connectivity index (χ1) is 17.0. The Morgan fingerprint density at radius 1 is 1.11 bits per heavy atom. The Morgan fingerprint density at radius 2 is 1.75 bits per heavy atom. The van der Waals surface area contributed by atoms with Gasteiger partial charge in [0.05, 0.1) is 11.9 Å². The first-order valence-corrected chi connectivity index (χ1v) is 14.3. The molecule has 1 aliphatic rings. The molecule has 36 heavy (non-hydrogen) atoms. The number of hydrogen-bond donors (Lipinski definition) is 1. The molecule has 0 saturated heterocycles. The van der Waals surface area contributed by atoms with Crippen LogP contribution in [0.2, 0.25) is 5.02 Å². The van der Waals surface area contributed by atoms with E-state index in [1.165, 1.54) is 29.2 Å². The van der Waals surface area contributed by atoms with Crippen molar-refractivity contribution in [2.24, 2.45) is 0 Å². The number of anilines is 1. The van der Waals surface area contributed by atoms with E-state index in [-0.39, 0.29) is 18.5 Å². The van der Waals surface area contributed by atoms with Gasteiger partial charge >= 0.3 is 0 Å². The minimum atomic E-state index is -3.86. The minimum absolute atomic E-state index is 0.0183. The van der Waals surface area contributed by atoms with Crippen LogP contribution in [-0.4, -0.2) is 50.0 Å². The van der Waals surface area contributed by atoms with Crippen LogP contribution >= 0.6 is 11.6 Å². The molecule has 0 aliphatic heterocycles. The van der Waals surface area contributed by atoms with Crippen molar-refractivity contribution < 1.29 is 22.4 Å². The highest BCUT2D eigenvalue weighted by Gasteiger charge is 2.31. The van der Waals surface area contributed by atoms with E-state index in [2.05, 4.69) is 5.32 Å². The molecule has 2 aromatic carbocycles. The van der Waals surface area contributed by atoms with Crippen molar-refractivity contribution in [3.63, 3.8) is 0 Å². The summed E-state index contributed by atoms with van der Waals surface area (Å²) in [7, 11) is -3.86. The molecule has 2 aromatic rings. The number of carbonyl (C=O) groups excluding carboxylic acids is 2. The number of amides is 2. The fraction of sp³-hybridized carbons (Fsp3) is 0.462. The van der Waals surface area contributed by atoms with Gasteiger partial charge in [-0.25, -0.2) is 12.8 Å². The summed E-state index contributed by atoms with van der Waals surface area (Å²) in [4.78, 5) is 28.1. The normalized spacial score (nSPS) is 15.2. The molecule has 10 heteroatoms. The first kappa shape index (κ1) is 27.9. The van der Waals surface area contributed by atoms with Crippen LogP contribution in [0.4, 0.5) is 10.1 Å². The fourth-order valence-electron chi connectivity index (χ4n) is 4.40. The maximum atomic E-state index is 13.6. The highest BCUT2D eigenvalue weighted by Crippen LogP contribution is 2.28. The number of rotatable bonds is 9. The lowest BCUT2D eigenvalue weighted by molar-refractivity contribution is -0.139. The van der Waals surface area contributed by atoms with Crippen molar-refractivity contribution in [1.29, 1.82) is 0 Å². The van der Waals surface area contributed by atoms with Gasteiger partial charge in [0.1, 0.15) is 18.4 Å². The number of nitrogens with one attached hydrogen (secondary N) is 1. The van der Waals surface area contributed by atoms with E-state index in [9.17, 15) is 22.4 Å². The second kappa shape index (κ2) is 12.1. The van der Waals surface area contributed by atoms with Crippen LogP contribution < -0.4 is 9.62 Å². The quantitative estimate of drug-likeness (QED) is 0.513. The molecule has 1 atom stereocenters. The molecule has 7 nitrogen and oxygen atoms in total. The Bertz CT molecular complexity index is 1180. The van der Waals surface area contributed by atoms with Gasteiger partial charge in [-0.1, -0.05) is 49.1 Å². The van der Waals surface area contributed by atoms with Crippen molar-refractivity contribution in [2.75, 3.05) is 17.1 Å². The summed E-state index contributed by atoms with van der Waals surface area (Å²) in [5, 5.41) is 3.41. The van der Waals surface area contributed by atoms with E-state index in [1.54, 1.807) is 32.0 Å². The summed E-state index contributed by atoms with van der Waals surface area (Å²) in [6.45, 7) is 2.80. The van der Waals surface area contributed by atoms with Crippen LogP contribution in [0.25, 0.3) is 0 Å². The van der Waals surface area contributed by atoms with Crippen LogP contribution in [0.3, 0.4) is 0 Å². The molecular formula is C26H33ClFN3O4S. The summed E-state index contributed by atoms with van der Waals surface area (Å²) in [6, 6.07) is 9.66. The Hall–Kier alpha value is -2.65. The van der Waals surface area contributed by atoms with Crippen LogP contribution in [0.15, 0.2) is 42.5 Å². The van der Waals surface area contributed by atoms with Crippen molar-refractivity contribution in [3.8, 4) is 0 Å². The van der Waals surface area contributed by atoms with Crippen LogP contribution in [-0.2, 0) is 26.2 Å². The molecule has 0 bridgehead atoms. The molecule has 1 N–H and O–H groups in total. The number of halogens is 2. The number of carbonyl (C=O) groups is 2. The number of hydrogen-bond acceptors (Lipinski definition) is 4. The van der Waals surface area contributed by atoms with Crippen molar-refractivity contribution in [1.82, 2.24) is 10.2 Å². The summed E-state index contributed by atoms with van der Waals surface area (Å²) >= 11 is 6.21. The maximum absolute atomic E-state index is 13.6. The highest BCUT2D eigenvalue weighted by atomic mass is 35.5. The second-order valence-electron chi connectivity index (χ2n) is 9.32. The van der Waals surface area contributed by atoms with Crippen LogP contribution in [0.5, 0.6) is 0 Å². The van der Waals surface area contributed by atoms with E-state index in [4.69, 9.17) is 11.6 Å². The van der Waals surface area contributed by atoms with Gasteiger partial charge < -0.3 is 10.2 Å². The molecule has 0 unspecified atom stereocenters. The molecule has 0 radical (unpaired) electrons. The Kier molecular flexibility index (Phi) is 9.35. The molecule has 0 aromatic heterocycles. The molecule has 0 spiro atoms. The smallest absolute Gasteiger partial charge is 0.244 e. The predicted molar refractivity (Wildman–Crippen MR) is 140 cm³/mol. The van der Waals surface area contributed by atoms with Crippen molar-refractivity contribution in [3.05, 3.63) is 64.4 Å². The molecule has 1 aliphatic carbocycles. The van der Waals surface area contributed by atoms with E-state index in [0.29, 0.717) is 21.8 Å². The van der Waals surface area contributed by atoms with E-state index in [0.717, 1.165) is 42.7 Å². The summed E-state index contributed by atoms with van der Waals surface area (Å²) in [6.07, 6.45) is 6.02. The second-order valence-corrected chi connectivity index (χ2v) is 11.6. The number of nitrogens with zero attached hydrogens (tertiary/aromatic N) is 2. The first-order valence-electron chi connectivity index (χ1n) is 12.0. The zero-order chi connectivity index (χ0) is 26.5. The number of benzene rings is 2. The van der Waals surface area contributed by atoms with Gasteiger partial charge in [-0.2, -0.15) is 0 Å². The van der Waals surface area contributed by atoms with Gasteiger partial charge in [-0.3, -0.25) is 13.9 Å². The fourth-order valence-corrected chi connectivity index (χ4v) is 5.47. The Labute approximate surface area is 217 Å². The van der Waals surface area contributed by atoms with Gasteiger partial charge in [-0.05, 0) is 62.1 Å². The molecular weight excluding hydrogens is 505 g/mol. The van der Waals surface area contributed by atoms with E-state index in [1.807, 2.05) is 0 Å². The van der Waals surface area contributed by atoms with Gasteiger partial charge in [0, 0.05) is 17.6 Å². The zero-order valence-corrected chi connectivity index (χ0v) is 22.4. The molecule has 3 rings (SSSR count). The SMILES string of the molecule is Cc1c(Cl)cccc1N(CC(=O)N(Cc1ccc(F)cc1)[C@@H](C)C(=O)NC1CCCCC1)S(C)(=O)=O. The van der Waals surface area contributed by atoms with Gasteiger partial charge in [0.15, 0.2) is 0 Å². The average molecular weight is 538 g/mol. The molecule has 2 amide bonds. The molecule has 1 saturated carbocycles. The average Bonchev–Trinajstić information content (AvgIpc) is 2.83. The lowest BCUT2D eigenvalue weighted by Crippen LogP contribution is -2.53. The number of sulfonamides is 1. The maximum Gasteiger partial charge on any atom is 0.244 e. The topological polar surface area (TPSA) is 86.8 Å². The van der Waals surface area contributed by atoms with Crippen LogP contribution in [0, 0.1) is 12.7 Å². The predicted octanol–water partition coefficient (Wildman–Crippen LogP) is 4.42. The zero-order valence-electron chi connectivity index (χ0n) is 20.8.